The van der Waals surface area contributed by atoms with Crippen LogP contribution in [0.25, 0.3) is 21.8 Å². The summed E-state index contributed by atoms with van der Waals surface area (Å²) in [5.74, 6) is 0.354. The molecule has 0 bridgehead atoms. The molecule has 0 unspecified atom stereocenters. The van der Waals surface area contributed by atoms with E-state index in [0.717, 1.165) is 22.0 Å². The van der Waals surface area contributed by atoms with Crippen molar-refractivity contribution in [2.24, 2.45) is 0 Å². The van der Waals surface area contributed by atoms with Gasteiger partial charge in [-0.1, -0.05) is 42.5 Å². The van der Waals surface area contributed by atoms with Gasteiger partial charge in [0.1, 0.15) is 22.5 Å². The molecular weight excluding hydrogens is 444 g/mol. The predicted octanol–water partition coefficient (Wildman–Crippen LogP) is 5.01. The van der Waals surface area contributed by atoms with Crippen LogP contribution in [0.1, 0.15) is 22.8 Å². The minimum absolute atomic E-state index is 0.0300. The van der Waals surface area contributed by atoms with Crippen molar-refractivity contribution in [1.82, 2.24) is 15.4 Å². The number of H-pyrrole nitrogens is 1. The highest BCUT2D eigenvalue weighted by atomic mass is 16.5. The number of carbonyl (C=O) groups excluding carboxylic acids is 2. The molecule has 2 N–H and O–H groups in total. The molecule has 0 aliphatic rings. The van der Waals surface area contributed by atoms with E-state index in [-0.39, 0.29) is 11.7 Å². The first-order valence-electron chi connectivity index (χ1n) is 10.9. The fourth-order valence-corrected chi connectivity index (χ4v) is 3.52. The van der Waals surface area contributed by atoms with E-state index in [1.807, 2.05) is 55.5 Å². The fourth-order valence-electron chi connectivity index (χ4n) is 3.52. The molecule has 35 heavy (non-hydrogen) atoms. The van der Waals surface area contributed by atoms with Crippen LogP contribution < -0.4 is 9.64 Å². The Morgan fingerprint density at radius 3 is 2.37 bits per heavy atom. The first-order chi connectivity index (χ1) is 16.8. The van der Waals surface area contributed by atoms with Crippen LogP contribution in [0.15, 0.2) is 78.9 Å². The number of aromatic nitrogens is 3. The van der Waals surface area contributed by atoms with Crippen molar-refractivity contribution in [2.45, 2.75) is 13.8 Å². The van der Waals surface area contributed by atoms with E-state index in [9.17, 15) is 14.7 Å². The number of phenols is 1. The lowest BCUT2D eigenvalue weighted by molar-refractivity contribution is -0.116. The number of hydrogen-bond donors (Lipinski definition) is 2. The quantitative estimate of drug-likeness (QED) is 0.285. The Labute approximate surface area is 201 Å². The summed E-state index contributed by atoms with van der Waals surface area (Å²) in [4.78, 5) is 24.9. The van der Waals surface area contributed by atoms with E-state index in [1.54, 1.807) is 42.3 Å². The number of amides is 1. The van der Waals surface area contributed by atoms with Gasteiger partial charge in [0, 0.05) is 24.7 Å². The van der Waals surface area contributed by atoms with Gasteiger partial charge in [0.05, 0.1) is 11.3 Å². The molecule has 0 aliphatic heterocycles. The van der Waals surface area contributed by atoms with Crippen LogP contribution >= 0.6 is 0 Å². The zero-order valence-corrected chi connectivity index (χ0v) is 19.5. The Kier molecular flexibility index (Phi) is 6.73. The van der Waals surface area contributed by atoms with Gasteiger partial charge in [-0.25, -0.2) is 4.79 Å². The Balaban J connectivity index is 0.000000165. The maximum atomic E-state index is 11.9. The molecule has 176 valence electrons. The zero-order valence-electron chi connectivity index (χ0n) is 19.5. The number of ether oxygens (including phenoxy) is 1. The molecule has 8 heteroatoms. The number of rotatable bonds is 3. The van der Waals surface area contributed by atoms with E-state index in [0.29, 0.717) is 22.3 Å². The van der Waals surface area contributed by atoms with Gasteiger partial charge in [0.2, 0.25) is 5.91 Å². The third-order valence-electron chi connectivity index (χ3n) is 5.55. The maximum Gasteiger partial charge on any atom is 0.343 e. The molecule has 0 aliphatic carbocycles. The molecule has 4 aromatic carbocycles. The minimum Gasteiger partial charge on any atom is -0.507 e. The molecule has 8 nitrogen and oxygen atoms in total. The van der Waals surface area contributed by atoms with Gasteiger partial charge in [0.25, 0.3) is 0 Å². The number of nitrogens with one attached hydrogen (secondary N) is 1. The molecule has 0 radical (unpaired) electrons. The molecule has 1 aromatic heterocycles. The van der Waals surface area contributed by atoms with Crippen molar-refractivity contribution >= 4 is 39.4 Å². The molecule has 1 heterocycles. The highest BCUT2D eigenvalue weighted by Crippen LogP contribution is 2.33. The Morgan fingerprint density at radius 1 is 0.886 bits per heavy atom. The molecule has 0 spiro atoms. The number of phenolic OH excluding ortho intramolecular Hbond substituents is 1. The summed E-state index contributed by atoms with van der Waals surface area (Å²) in [6.45, 7) is 3.38. The van der Waals surface area contributed by atoms with Crippen molar-refractivity contribution in [1.29, 1.82) is 0 Å². The van der Waals surface area contributed by atoms with E-state index >= 15 is 0 Å². The number of esters is 1. The minimum atomic E-state index is -0.411. The van der Waals surface area contributed by atoms with Crippen LogP contribution in [0.4, 0.5) is 5.69 Å². The van der Waals surface area contributed by atoms with Crippen LogP contribution in [0.5, 0.6) is 11.5 Å². The van der Waals surface area contributed by atoms with Crippen LogP contribution in [-0.2, 0) is 4.79 Å². The Morgan fingerprint density at radius 2 is 1.63 bits per heavy atom. The number of hydrogen-bond acceptors (Lipinski definition) is 6. The molecule has 0 saturated heterocycles. The highest BCUT2D eigenvalue weighted by molar-refractivity contribution is 6.04. The van der Waals surface area contributed by atoms with E-state index in [1.165, 1.54) is 6.92 Å². The summed E-state index contributed by atoms with van der Waals surface area (Å²) in [5, 5.41) is 22.0. The van der Waals surface area contributed by atoms with E-state index in [2.05, 4.69) is 15.4 Å². The predicted molar refractivity (Wildman–Crippen MR) is 135 cm³/mol. The Hall–Kier alpha value is -4.72. The first kappa shape index (κ1) is 23.4. The number of fused-ring (bicyclic) bond motifs is 2. The molecule has 0 atom stereocenters. The Bertz CT molecular complexity index is 1510. The molecular formula is C27H24N4O4. The number of benzene rings is 4. The van der Waals surface area contributed by atoms with Gasteiger partial charge in [0.15, 0.2) is 0 Å². The van der Waals surface area contributed by atoms with Gasteiger partial charge in [-0.15, -0.1) is 0 Å². The number of aromatic hydroxyl groups is 1. The maximum absolute atomic E-state index is 11.9. The third-order valence-corrected chi connectivity index (χ3v) is 5.55. The smallest absolute Gasteiger partial charge is 0.343 e. The summed E-state index contributed by atoms with van der Waals surface area (Å²) in [6.07, 6.45) is 0. The highest BCUT2D eigenvalue weighted by Gasteiger charge is 2.12. The fraction of sp³-hybridized carbons (Fsp3) is 0.111. The van der Waals surface area contributed by atoms with Crippen molar-refractivity contribution in [2.75, 3.05) is 11.9 Å². The summed E-state index contributed by atoms with van der Waals surface area (Å²) in [5.41, 5.74) is 3.44. The third kappa shape index (κ3) is 5.11. The average molecular weight is 469 g/mol. The van der Waals surface area contributed by atoms with Gasteiger partial charge in [-0.05, 0) is 48.9 Å². The van der Waals surface area contributed by atoms with Gasteiger partial charge < -0.3 is 14.7 Å². The number of anilines is 1. The van der Waals surface area contributed by atoms with Crippen molar-refractivity contribution in [3.63, 3.8) is 0 Å². The summed E-state index contributed by atoms with van der Waals surface area (Å²) >= 11 is 0. The van der Waals surface area contributed by atoms with Crippen molar-refractivity contribution in [3.8, 4) is 11.5 Å². The summed E-state index contributed by atoms with van der Waals surface area (Å²) in [7, 11) is 1.73. The molecule has 5 aromatic rings. The van der Waals surface area contributed by atoms with Gasteiger partial charge in [-0.2, -0.15) is 15.4 Å². The largest absolute Gasteiger partial charge is 0.507 e. The second-order valence-corrected chi connectivity index (χ2v) is 7.91. The van der Waals surface area contributed by atoms with E-state index < -0.39 is 5.97 Å². The van der Waals surface area contributed by atoms with Crippen molar-refractivity contribution in [3.05, 3.63) is 90.0 Å². The number of carbonyl (C=O) groups is 2. The number of aromatic amines is 1. The standard InChI is InChI=1S/C14H15NO2.C13H9N3O2/c1-9-7-8-11-12(14(9)17)5-4-6-13(11)15(3)10(2)16;17-13(18-10-4-2-1-3-5-10)9-6-7-11-12(8-9)15-16-14-11/h4-8,17H,1-3H3;1-8H,(H,14,15,16). The monoisotopic (exact) mass is 468 g/mol. The lowest BCUT2D eigenvalue weighted by atomic mass is 10.0. The van der Waals surface area contributed by atoms with Gasteiger partial charge >= 0.3 is 5.97 Å². The van der Waals surface area contributed by atoms with Crippen LogP contribution in [0, 0.1) is 6.92 Å². The lowest BCUT2D eigenvalue weighted by Crippen LogP contribution is -2.22. The molecule has 1 amide bonds. The van der Waals surface area contributed by atoms with E-state index in [4.69, 9.17) is 4.74 Å². The van der Waals surface area contributed by atoms with Crippen LogP contribution in [0.2, 0.25) is 0 Å². The van der Waals surface area contributed by atoms with Gasteiger partial charge in [-0.3, -0.25) is 4.79 Å². The van der Waals surface area contributed by atoms with Crippen LogP contribution in [0.3, 0.4) is 0 Å². The van der Waals surface area contributed by atoms with Crippen LogP contribution in [-0.4, -0.2) is 39.4 Å². The molecule has 0 fully saturated rings. The molecule has 5 rings (SSSR count). The first-order valence-corrected chi connectivity index (χ1v) is 10.9. The number of nitrogens with zero attached hydrogens (tertiary/aromatic N) is 3. The lowest BCUT2D eigenvalue weighted by Gasteiger charge is -2.18. The second-order valence-electron chi connectivity index (χ2n) is 7.91. The zero-order chi connectivity index (χ0) is 24.9. The SMILES string of the molecule is CC(=O)N(C)c1cccc2c(O)c(C)ccc12.O=C(Oc1ccccc1)c1ccc2n[nH]nc2c1. The average Bonchev–Trinajstić information content (AvgIpc) is 3.34. The van der Waals surface area contributed by atoms with Crippen molar-refractivity contribution < 1.29 is 19.4 Å². The second kappa shape index (κ2) is 10.0. The number of aryl methyl sites for hydroxylation is 1. The topological polar surface area (TPSA) is 108 Å². The number of para-hydroxylation sites is 1. The molecule has 0 saturated carbocycles. The summed E-state index contributed by atoms with van der Waals surface area (Å²) < 4.78 is 5.23. The summed E-state index contributed by atoms with van der Waals surface area (Å²) in [6, 6.07) is 23.3. The normalized spacial score (nSPS) is 10.5.